The predicted octanol–water partition coefficient (Wildman–Crippen LogP) is -4.11. The Morgan fingerprint density at radius 1 is 1.18 bits per heavy atom. The van der Waals surface area contributed by atoms with E-state index in [-0.39, 0.29) is 49.0 Å². The Kier molecular flexibility index (Phi) is 22.1. The average molecular weight is 246 g/mol. The molecule has 0 aliphatic rings. The van der Waals surface area contributed by atoms with Crippen LogP contribution in [0.5, 0.6) is 0 Å². The van der Waals surface area contributed by atoms with Crippen molar-refractivity contribution in [3.8, 4) is 0 Å². The van der Waals surface area contributed by atoms with Gasteiger partial charge < -0.3 is 19.3 Å². The largest absolute Gasteiger partial charge is 1.00 e. The van der Waals surface area contributed by atoms with Crippen molar-refractivity contribution in [1.82, 2.24) is 0 Å². The minimum Gasteiger partial charge on any atom is -0.759 e. The van der Waals surface area contributed by atoms with Crippen LogP contribution in [0.25, 0.3) is 0 Å². The first-order valence-electron chi connectivity index (χ1n) is 1.32. The van der Waals surface area contributed by atoms with Gasteiger partial charge in [-0.15, -0.1) is 0 Å². The van der Waals surface area contributed by atoms with Gasteiger partial charge in [0.25, 0.3) is 0 Å². The number of carboxylic acid groups (broad SMARTS) is 2. The Hall–Kier alpha value is 0.763. The zero-order chi connectivity index (χ0) is 8.08. The molecule has 0 spiro atoms. The molecule has 58 valence electrons. The molecule has 0 saturated carbocycles. The van der Waals surface area contributed by atoms with Crippen LogP contribution in [0.3, 0.4) is 0 Å². The molecule has 0 aromatic carbocycles. The summed E-state index contributed by atoms with van der Waals surface area (Å²) in [4.78, 5) is 8.56. The Balaban J connectivity index is -0.0000000383. The molecule has 2 N–H and O–H groups in total. The molecule has 0 heterocycles. The normalized spacial score (nSPS) is 7.45. The quantitative estimate of drug-likeness (QED) is 0.251. The van der Waals surface area contributed by atoms with Crippen molar-refractivity contribution in [3.05, 3.63) is 0 Å². The van der Waals surface area contributed by atoms with Crippen LogP contribution in [0, 0.1) is 0 Å². The first kappa shape index (κ1) is 22.6. The molecule has 0 aliphatic carbocycles. The van der Waals surface area contributed by atoms with Gasteiger partial charge >= 0.3 is 35.7 Å². The molecule has 0 rings (SSSR count). The molecule has 0 aromatic heterocycles. The van der Waals surface area contributed by atoms with Gasteiger partial charge in [-0.1, -0.05) is 0 Å². The fraction of sp³-hybridized carbons (Fsp3) is 0. The first-order chi connectivity index (χ1) is 3.73. The third-order valence-electron chi connectivity index (χ3n) is 0. The fourth-order valence-electron chi connectivity index (χ4n) is 0. The van der Waals surface area contributed by atoms with Crippen LogP contribution in [-0.4, -0.2) is 33.9 Å². The van der Waals surface area contributed by atoms with E-state index >= 15 is 0 Å². The van der Waals surface area contributed by atoms with Crippen molar-refractivity contribution in [2.75, 3.05) is 0 Å². The summed E-state index contributed by atoms with van der Waals surface area (Å²) in [6, 6.07) is 0. The fourth-order valence-corrected chi connectivity index (χ4v) is 0. The maximum Gasteiger partial charge on any atom is 1.00 e. The summed E-state index contributed by atoms with van der Waals surface area (Å²) >= 11 is 0. The second-order valence-electron chi connectivity index (χ2n) is 0.691. The Morgan fingerprint density at radius 3 is 1.18 bits per heavy atom. The van der Waals surface area contributed by atoms with Crippen LogP contribution in [0.1, 0.15) is 0 Å². The van der Waals surface area contributed by atoms with Gasteiger partial charge in [-0.25, -0.2) is 4.79 Å². The third kappa shape index (κ3) is 1420. The van der Waals surface area contributed by atoms with Crippen molar-refractivity contribution in [3.63, 3.8) is 0 Å². The third-order valence-corrected chi connectivity index (χ3v) is 0. The van der Waals surface area contributed by atoms with E-state index in [2.05, 4.69) is 0 Å². The van der Waals surface area contributed by atoms with Gasteiger partial charge in [-0.3, -0.25) is 8.42 Å². The molecule has 7 nitrogen and oxygen atoms in total. The molecular formula is CH2NaO7SZn-. The van der Waals surface area contributed by atoms with Gasteiger partial charge in [0.05, 0.1) is 0 Å². The molecule has 0 bridgehead atoms. The van der Waals surface area contributed by atoms with E-state index in [1.807, 2.05) is 0 Å². The monoisotopic (exact) mass is 245 g/mol. The van der Waals surface area contributed by atoms with E-state index < -0.39 is 16.6 Å². The molecule has 0 aromatic rings. The van der Waals surface area contributed by atoms with Crippen molar-refractivity contribution in [2.24, 2.45) is 0 Å². The van der Waals surface area contributed by atoms with Crippen LogP contribution >= 0.6 is 0 Å². The van der Waals surface area contributed by atoms with Crippen molar-refractivity contribution in [2.45, 2.75) is 0 Å². The maximum absolute atomic E-state index is 8.56. The number of carbonyl (C=O) groups is 1. The standard InChI is InChI=1S/CH2O3.Na.H2O4S.Zn/c2-1(3)4;;1-5(2,3)4;/h(H2,2,3,4);;(H2,1,2,3,4);/q;+1;;/p-2. The van der Waals surface area contributed by atoms with E-state index in [9.17, 15) is 0 Å². The van der Waals surface area contributed by atoms with Crippen LogP contribution < -0.4 is 29.6 Å². The van der Waals surface area contributed by atoms with Crippen LogP contribution in [-0.2, 0) is 29.9 Å². The molecular weight excluding hydrogens is 244 g/mol. The summed E-state index contributed by atoms with van der Waals surface area (Å²) in [5.41, 5.74) is 0. The number of hydrogen-bond donors (Lipinski definition) is 2. The SMILES string of the molecule is O=C(O)O.O=S(=O)([O-])[O-].[Na+].[Zn]. The van der Waals surface area contributed by atoms with E-state index in [0.29, 0.717) is 0 Å². The van der Waals surface area contributed by atoms with Gasteiger partial charge in [0.1, 0.15) is 0 Å². The summed E-state index contributed by atoms with van der Waals surface area (Å²) in [7, 11) is -5.17. The molecule has 0 fully saturated rings. The maximum atomic E-state index is 8.56. The van der Waals surface area contributed by atoms with Gasteiger partial charge in [-0.05, 0) is 0 Å². The van der Waals surface area contributed by atoms with Crippen molar-refractivity contribution < 1.29 is 81.6 Å². The Morgan fingerprint density at radius 2 is 1.18 bits per heavy atom. The second kappa shape index (κ2) is 10.8. The summed E-state index contributed by atoms with van der Waals surface area (Å²) in [6.07, 6.45) is -1.83. The molecule has 0 saturated heterocycles. The van der Waals surface area contributed by atoms with Gasteiger partial charge in [0, 0.05) is 29.9 Å². The Bertz CT molecular complexity index is 161. The summed E-state index contributed by atoms with van der Waals surface area (Å²) in [5.74, 6) is 0. The molecule has 0 unspecified atom stereocenters. The van der Waals surface area contributed by atoms with Crippen LogP contribution in [0.4, 0.5) is 4.79 Å². The molecule has 11 heavy (non-hydrogen) atoms. The topological polar surface area (TPSA) is 138 Å². The summed E-state index contributed by atoms with van der Waals surface area (Å²) < 4.78 is 34.1. The molecule has 10 heteroatoms. The summed E-state index contributed by atoms with van der Waals surface area (Å²) in [5, 5.41) is 13.9. The van der Waals surface area contributed by atoms with Crippen LogP contribution in [0.15, 0.2) is 0 Å². The zero-order valence-corrected chi connectivity index (χ0v) is 11.3. The Labute approximate surface area is 97.4 Å². The summed E-state index contributed by atoms with van der Waals surface area (Å²) in [6.45, 7) is 0. The smallest absolute Gasteiger partial charge is 0.759 e. The number of rotatable bonds is 0. The van der Waals surface area contributed by atoms with E-state index in [0.717, 1.165) is 0 Å². The zero-order valence-electron chi connectivity index (χ0n) is 5.55. The average Bonchev–Trinajstić information content (AvgIpc) is 1.19. The molecule has 0 amide bonds. The van der Waals surface area contributed by atoms with Crippen LogP contribution in [0.2, 0.25) is 0 Å². The van der Waals surface area contributed by atoms with E-state index in [4.69, 9.17) is 32.5 Å². The van der Waals surface area contributed by atoms with E-state index in [1.165, 1.54) is 0 Å². The van der Waals surface area contributed by atoms with Crippen molar-refractivity contribution in [1.29, 1.82) is 0 Å². The van der Waals surface area contributed by atoms with Gasteiger partial charge in [-0.2, -0.15) is 0 Å². The minimum absolute atomic E-state index is 0. The molecule has 0 radical (unpaired) electrons. The minimum atomic E-state index is -5.17. The predicted molar refractivity (Wildman–Crippen MR) is 21.1 cm³/mol. The van der Waals surface area contributed by atoms with Crippen molar-refractivity contribution >= 4 is 16.6 Å². The second-order valence-corrected chi connectivity index (χ2v) is 1.51. The van der Waals surface area contributed by atoms with Gasteiger partial charge in [0.15, 0.2) is 0 Å². The first-order valence-corrected chi connectivity index (χ1v) is 2.65. The van der Waals surface area contributed by atoms with Gasteiger partial charge in [0.2, 0.25) is 0 Å². The molecule has 0 atom stereocenters. The van der Waals surface area contributed by atoms with E-state index in [1.54, 1.807) is 0 Å². The molecule has 0 aliphatic heterocycles. The number of hydrogen-bond acceptors (Lipinski definition) is 5.